The summed E-state index contributed by atoms with van der Waals surface area (Å²) in [5, 5.41) is 25.6. The molecule has 4 nitrogen and oxygen atoms in total. The third-order valence-electron chi connectivity index (χ3n) is 6.28. The Morgan fingerprint density at radius 3 is 1.00 bits per heavy atom. The van der Waals surface area contributed by atoms with Gasteiger partial charge in [0, 0.05) is 23.2 Å². The molecule has 0 atom stereocenters. The van der Waals surface area contributed by atoms with E-state index in [0.717, 1.165) is 22.1 Å². The number of hydrogen-bond donors (Lipinski definition) is 0. The summed E-state index contributed by atoms with van der Waals surface area (Å²) in [4.78, 5) is 9.02. The van der Waals surface area contributed by atoms with Crippen LogP contribution >= 0.6 is 0 Å². The van der Waals surface area contributed by atoms with Crippen LogP contribution in [0.1, 0.15) is 22.3 Å². The Hall–Kier alpha value is -4.42. The molecular weight excluding hydrogens is 618 g/mol. The van der Waals surface area contributed by atoms with Crippen molar-refractivity contribution in [1.29, 1.82) is 0 Å². The minimum atomic E-state index is -0.0620. The van der Waals surface area contributed by atoms with Crippen molar-refractivity contribution in [2.24, 2.45) is 9.98 Å². The molecule has 0 unspecified atom stereocenters. The van der Waals surface area contributed by atoms with Crippen molar-refractivity contribution < 1.29 is 10.2 Å². The molecule has 240 valence electrons. The number of para-hydroxylation sites is 2. The van der Waals surface area contributed by atoms with Gasteiger partial charge in [-0.15, -0.1) is 11.5 Å². The van der Waals surface area contributed by atoms with Gasteiger partial charge in [0.2, 0.25) is 0 Å². The second-order valence-electron chi connectivity index (χ2n) is 9.55. The van der Waals surface area contributed by atoms with Gasteiger partial charge in [0.05, 0.1) is 11.4 Å². The molecule has 48 heavy (non-hydrogen) atoms. The quantitative estimate of drug-likeness (QED) is 0.107. The number of benzene rings is 6. The molecule has 0 bridgehead atoms. The SMILES string of the molecule is Cc1ccccc1.Cc1ccccc1.[Al+3].[Al+3].[CH3-].[CH3-].[CH3-].[CH3-].[O-]c1ccccc1C=Nc1cccc2c(N=Cc3ccccc3[O-])cccc12. The molecule has 0 aromatic heterocycles. The Balaban J connectivity index is -0.000000851. The predicted octanol–water partition coefficient (Wildman–Crippen LogP) is 9.52. The van der Waals surface area contributed by atoms with Crippen molar-refractivity contribution in [3.8, 4) is 11.5 Å². The second kappa shape index (κ2) is 25.6. The molecule has 6 aromatic carbocycles. The first-order chi connectivity index (χ1) is 20.5. The molecule has 0 amide bonds. The van der Waals surface area contributed by atoms with Crippen molar-refractivity contribution in [3.05, 3.63) is 198 Å². The summed E-state index contributed by atoms with van der Waals surface area (Å²) in [6.45, 7) is 4.17. The van der Waals surface area contributed by atoms with Gasteiger partial charge in [-0.25, -0.2) is 0 Å². The van der Waals surface area contributed by atoms with Gasteiger partial charge in [0.15, 0.2) is 0 Å². The maximum absolute atomic E-state index is 11.9. The molecule has 0 heterocycles. The van der Waals surface area contributed by atoms with E-state index in [-0.39, 0.29) is 75.9 Å². The fourth-order valence-corrected chi connectivity index (χ4v) is 4.02. The van der Waals surface area contributed by atoms with Crippen molar-refractivity contribution in [3.63, 3.8) is 0 Å². The molecule has 6 rings (SSSR count). The third kappa shape index (κ3) is 15.0. The van der Waals surface area contributed by atoms with E-state index in [1.54, 1.807) is 36.7 Å². The van der Waals surface area contributed by atoms with Gasteiger partial charge >= 0.3 is 34.7 Å². The van der Waals surface area contributed by atoms with E-state index in [4.69, 9.17) is 0 Å². The van der Waals surface area contributed by atoms with E-state index in [1.807, 2.05) is 84.9 Å². The van der Waals surface area contributed by atoms with E-state index in [9.17, 15) is 10.2 Å². The molecule has 0 saturated heterocycles. The maximum Gasteiger partial charge on any atom is 3.00 e. The van der Waals surface area contributed by atoms with Crippen molar-refractivity contribution in [2.75, 3.05) is 0 Å². The summed E-state index contributed by atoms with van der Waals surface area (Å²) in [6, 6.07) is 45.6. The molecule has 0 spiro atoms. The average molecular weight is 663 g/mol. The Morgan fingerprint density at radius 2 is 0.708 bits per heavy atom. The van der Waals surface area contributed by atoms with Crippen LogP contribution < -0.4 is 10.2 Å². The van der Waals surface area contributed by atoms with Gasteiger partial charge in [0.25, 0.3) is 0 Å². The molecule has 6 aromatic rings. The summed E-state index contributed by atoms with van der Waals surface area (Å²) < 4.78 is 0. The molecule has 0 saturated carbocycles. The van der Waals surface area contributed by atoms with Crippen LogP contribution in [0.15, 0.2) is 156 Å². The minimum absolute atomic E-state index is 0. The van der Waals surface area contributed by atoms with Gasteiger partial charge in [-0.05, 0) is 37.1 Å². The van der Waals surface area contributed by atoms with Crippen molar-refractivity contribution in [2.45, 2.75) is 13.8 Å². The number of fused-ring (bicyclic) bond motifs is 1. The first-order valence-corrected chi connectivity index (χ1v) is 13.7. The second-order valence-corrected chi connectivity index (χ2v) is 9.55. The van der Waals surface area contributed by atoms with Gasteiger partial charge in [-0.1, -0.05) is 145 Å². The van der Waals surface area contributed by atoms with Crippen LogP contribution in [0.5, 0.6) is 11.5 Å². The number of nitrogens with zero attached hydrogens (tertiary/aromatic N) is 2. The smallest absolute Gasteiger partial charge is 0.872 e. The van der Waals surface area contributed by atoms with Crippen molar-refractivity contribution in [1.82, 2.24) is 0 Å². The summed E-state index contributed by atoms with van der Waals surface area (Å²) in [5.74, 6) is -0.124. The first kappa shape index (κ1) is 48.0. The summed E-state index contributed by atoms with van der Waals surface area (Å²) in [5.41, 5.74) is 5.23. The average Bonchev–Trinajstić information content (AvgIpc) is 3.02. The molecule has 0 aliphatic rings. The Morgan fingerprint density at radius 1 is 0.396 bits per heavy atom. The zero-order chi connectivity index (χ0) is 29.6. The fourth-order valence-electron chi connectivity index (χ4n) is 4.02. The number of aliphatic imine (C=N–C) groups is 2. The molecule has 0 N–H and O–H groups in total. The van der Waals surface area contributed by atoms with Crippen LogP contribution in [0.25, 0.3) is 10.8 Å². The normalized spacial score (nSPS) is 9.29. The Labute approximate surface area is 310 Å². The van der Waals surface area contributed by atoms with E-state index in [0.29, 0.717) is 11.1 Å². The zero-order valence-electron chi connectivity index (χ0n) is 28.9. The first-order valence-electron chi connectivity index (χ1n) is 13.7. The maximum atomic E-state index is 11.9. The van der Waals surface area contributed by atoms with E-state index in [2.05, 4.69) is 48.1 Å². The van der Waals surface area contributed by atoms with Crippen LogP contribution in [-0.4, -0.2) is 47.2 Å². The van der Waals surface area contributed by atoms with E-state index in [1.165, 1.54) is 23.3 Å². The molecule has 0 aliphatic heterocycles. The minimum Gasteiger partial charge on any atom is -0.872 e. The number of aryl methyl sites for hydroxylation is 2. The van der Waals surface area contributed by atoms with Crippen LogP contribution in [0, 0.1) is 43.6 Å². The van der Waals surface area contributed by atoms with E-state index >= 15 is 0 Å². The zero-order valence-corrected chi connectivity index (χ0v) is 31.2. The fraction of sp³-hybridized carbons (Fsp3) is 0.0476. The Kier molecular flexibility index (Phi) is 25.6. The van der Waals surface area contributed by atoms with Gasteiger partial charge in [0.1, 0.15) is 0 Å². The van der Waals surface area contributed by atoms with Crippen molar-refractivity contribution >= 4 is 69.3 Å². The van der Waals surface area contributed by atoms with Crippen LogP contribution in [0.3, 0.4) is 0 Å². The standard InChI is InChI=1S/C24H18N2O2.2C7H8.4CH3.2Al/c27-23-13-3-1-7-17(23)15-25-21-11-5-10-20-19(21)9-6-12-22(20)26-16-18-8-2-4-14-24(18)28;2*1-7-5-3-2-4-6-7;;;;;;/h1-16,27-28H;2*2-6H,1H3;4*1H3;;/q;;;4*-1;2*+3/p-2. The summed E-state index contributed by atoms with van der Waals surface area (Å²) >= 11 is 0. The topological polar surface area (TPSA) is 70.8 Å². The van der Waals surface area contributed by atoms with E-state index < -0.39 is 0 Å². The summed E-state index contributed by atoms with van der Waals surface area (Å²) in [7, 11) is 0. The van der Waals surface area contributed by atoms with Crippen LogP contribution in [0.2, 0.25) is 0 Å². The molecule has 0 aliphatic carbocycles. The molecular formula is C42H44Al2N2O2. The molecule has 0 fully saturated rings. The van der Waals surface area contributed by atoms with Gasteiger partial charge < -0.3 is 39.9 Å². The van der Waals surface area contributed by atoms with Gasteiger partial charge in [-0.2, -0.15) is 0 Å². The molecule has 6 heteroatoms. The molecule has 0 radical (unpaired) electrons. The largest absolute Gasteiger partial charge is 3.00 e. The van der Waals surface area contributed by atoms with Gasteiger partial charge in [-0.3, -0.25) is 9.98 Å². The Bertz CT molecular complexity index is 1640. The predicted molar refractivity (Wildman–Crippen MR) is 210 cm³/mol. The third-order valence-corrected chi connectivity index (χ3v) is 6.28. The summed E-state index contributed by atoms with van der Waals surface area (Å²) in [6.07, 6.45) is 3.17. The number of hydrogen-bond acceptors (Lipinski definition) is 4. The van der Waals surface area contributed by atoms with Crippen LogP contribution in [0.4, 0.5) is 11.4 Å². The van der Waals surface area contributed by atoms with Crippen LogP contribution in [-0.2, 0) is 0 Å². The monoisotopic (exact) mass is 662 g/mol. The number of rotatable bonds is 4.